The molecule has 19 heavy (non-hydrogen) atoms. The van der Waals surface area contributed by atoms with E-state index in [1.165, 1.54) is 16.7 Å². The lowest BCUT2D eigenvalue weighted by atomic mass is 9.85. The van der Waals surface area contributed by atoms with E-state index in [1.807, 2.05) is 6.07 Å². The highest BCUT2D eigenvalue weighted by Crippen LogP contribution is 2.48. The van der Waals surface area contributed by atoms with Crippen molar-refractivity contribution in [2.45, 2.75) is 24.9 Å². The molecule has 1 atom stereocenters. The number of hydrogen-bond donors (Lipinski definition) is 2. The Kier molecular flexibility index (Phi) is 2.80. The van der Waals surface area contributed by atoms with E-state index in [4.69, 9.17) is 0 Å². The Hall–Kier alpha value is -1.51. The normalized spacial score (nSPS) is 22.9. The summed E-state index contributed by atoms with van der Waals surface area (Å²) in [6, 6.07) is 14.5. The van der Waals surface area contributed by atoms with Crippen LogP contribution in [0.4, 0.5) is 0 Å². The van der Waals surface area contributed by atoms with E-state index in [9.17, 15) is 5.11 Å². The zero-order chi connectivity index (χ0) is 12.2. The molecule has 1 unspecified atom stereocenters. The van der Waals surface area contributed by atoms with Gasteiger partial charge in [0.25, 0.3) is 0 Å². The molecule has 2 aromatic carbocycles. The van der Waals surface area contributed by atoms with Gasteiger partial charge in [-0.3, -0.25) is 5.32 Å². The lowest BCUT2D eigenvalue weighted by molar-refractivity contribution is 0.434. The van der Waals surface area contributed by atoms with E-state index in [0.717, 1.165) is 24.9 Å². The van der Waals surface area contributed by atoms with Crippen LogP contribution in [-0.2, 0) is 18.5 Å². The summed E-state index contributed by atoms with van der Waals surface area (Å²) >= 11 is 0. The van der Waals surface area contributed by atoms with E-state index >= 15 is 0 Å². The number of benzene rings is 2. The first-order valence-corrected chi connectivity index (χ1v) is 6.46. The van der Waals surface area contributed by atoms with Gasteiger partial charge in [0.2, 0.25) is 0 Å². The molecular formula is C16H16ClNO. The molecule has 0 saturated carbocycles. The predicted octanol–water partition coefficient (Wildman–Crippen LogP) is 3.11. The fourth-order valence-electron chi connectivity index (χ4n) is 3.58. The molecule has 0 bridgehead atoms. The minimum Gasteiger partial charge on any atom is -0.508 e. The number of phenols is 1. The summed E-state index contributed by atoms with van der Waals surface area (Å²) in [5, 5.41) is 13.7. The standard InChI is InChI=1S/C16H15NO.ClH/c18-15-7-3-6-14-12(15)8-9-16(14)13-5-2-1-4-11(13)10-17-16;/h1-7,17-18H,8-10H2;1H. The van der Waals surface area contributed by atoms with E-state index in [1.54, 1.807) is 6.07 Å². The molecule has 0 amide bonds. The molecule has 98 valence electrons. The van der Waals surface area contributed by atoms with Crippen molar-refractivity contribution in [1.82, 2.24) is 5.32 Å². The fourth-order valence-corrected chi connectivity index (χ4v) is 3.58. The number of nitrogens with one attached hydrogen (secondary N) is 1. The minimum absolute atomic E-state index is 0. The highest BCUT2D eigenvalue weighted by Gasteiger charge is 2.44. The molecule has 1 heterocycles. The maximum atomic E-state index is 10.00. The van der Waals surface area contributed by atoms with Gasteiger partial charge in [0, 0.05) is 6.54 Å². The molecule has 3 heteroatoms. The Morgan fingerprint density at radius 1 is 1.00 bits per heavy atom. The van der Waals surface area contributed by atoms with Gasteiger partial charge in [-0.2, -0.15) is 0 Å². The van der Waals surface area contributed by atoms with Crippen molar-refractivity contribution < 1.29 is 5.11 Å². The molecule has 2 nitrogen and oxygen atoms in total. The maximum Gasteiger partial charge on any atom is 0.119 e. The summed E-state index contributed by atoms with van der Waals surface area (Å²) in [7, 11) is 0. The van der Waals surface area contributed by atoms with Crippen LogP contribution in [0.25, 0.3) is 0 Å². The molecule has 1 aliphatic heterocycles. The predicted molar refractivity (Wildman–Crippen MR) is 77.7 cm³/mol. The molecule has 1 spiro atoms. The third kappa shape index (κ3) is 1.54. The van der Waals surface area contributed by atoms with Crippen LogP contribution in [0.3, 0.4) is 0 Å². The molecule has 0 fully saturated rings. The van der Waals surface area contributed by atoms with Crippen LogP contribution in [0.1, 0.15) is 28.7 Å². The topological polar surface area (TPSA) is 32.3 Å². The second-order valence-electron chi connectivity index (χ2n) is 5.22. The van der Waals surface area contributed by atoms with Crippen LogP contribution in [0, 0.1) is 0 Å². The quantitative estimate of drug-likeness (QED) is 0.773. The van der Waals surface area contributed by atoms with Gasteiger partial charge in [0.15, 0.2) is 0 Å². The molecule has 2 aliphatic rings. The molecule has 2 N–H and O–H groups in total. The molecule has 4 rings (SSSR count). The third-order valence-corrected chi connectivity index (χ3v) is 4.42. The Balaban J connectivity index is 0.00000110. The molecule has 0 saturated heterocycles. The van der Waals surface area contributed by atoms with Crippen LogP contribution in [0.2, 0.25) is 0 Å². The smallest absolute Gasteiger partial charge is 0.119 e. The SMILES string of the molecule is Cl.Oc1cccc2c1CCC21NCc2ccccc21. The summed E-state index contributed by atoms with van der Waals surface area (Å²) < 4.78 is 0. The van der Waals surface area contributed by atoms with Gasteiger partial charge in [0.05, 0.1) is 5.54 Å². The monoisotopic (exact) mass is 273 g/mol. The first-order chi connectivity index (χ1) is 8.81. The summed E-state index contributed by atoms with van der Waals surface area (Å²) in [5.74, 6) is 0.440. The molecule has 1 aliphatic carbocycles. The van der Waals surface area contributed by atoms with Gasteiger partial charge >= 0.3 is 0 Å². The van der Waals surface area contributed by atoms with Gasteiger partial charge in [-0.1, -0.05) is 36.4 Å². The Morgan fingerprint density at radius 3 is 2.68 bits per heavy atom. The summed E-state index contributed by atoms with van der Waals surface area (Å²) in [5.41, 5.74) is 5.07. The largest absolute Gasteiger partial charge is 0.508 e. The number of hydrogen-bond acceptors (Lipinski definition) is 2. The Labute approximate surface area is 118 Å². The van der Waals surface area contributed by atoms with Crippen LogP contribution < -0.4 is 5.32 Å². The van der Waals surface area contributed by atoms with Gasteiger partial charge in [-0.25, -0.2) is 0 Å². The van der Waals surface area contributed by atoms with E-state index in [-0.39, 0.29) is 17.9 Å². The van der Waals surface area contributed by atoms with Crippen molar-refractivity contribution in [1.29, 1.82) is 0 Å². The lowest BCUT2D eigenvalue weighted by Gasteiger charge is -2.27. The van der Waals surface area contributed by atoms with Crippen molar-refractivity contribution >= 4 is 12.4 Å². The van der Waals surface area contributed by atoms with E-state index in [2.05, 4.69) is 35.6 Å². The molecule has 2 aromatic rings. The number of rotatable bonds is 0. The van der Waals surface area contributed by atoms with E-state index < -0.39 is 0 Å². The number of phenolic OH excluding ortho intramolecular Hbond substituents is 1. The van der Waals surface area contributed by atoms with Crippen molar-refractivity contribution in [2.75, 3.05) is 0 Å². The molecular weight excluding hydrogens is 258 g/mol. The highest BCUT2D eigenvalue weighted by atomic mass is 35.5. The first-order valence-electron chi connectivity index (χ1n) is 6.46. The average molecular weight is 274 g/mol. The zero-order valence-electron chi connectivity index (χ0n) is 10.5. The second-order valence-corrected chi connectivity index (χ2v) is 5.22. The zero-order valence-corrected chi connectivity index (χ0v) is 11.3. The second kappa shape index (κ2) is 4.26. The third-order valence-electron chi connectivity index (χ3n) is 4.42. The van der Waals surface area contributed by atoms with Gasteiger partial charge < -0.3 is 5.11 Å². The fraction of sp³-hybridized carbons (Fsp3) is 0.250. The van der Waals surface area contributed by atoms with E-state index in [0.29, 0.717) is 5.75 Å². The summed E-state index contributed by atoms with van der Waals surface area (Å²) in [6.45, 7) is 0.922. The Bertz CT molecular complexity index is 640. The number of fused-ring (bicyclic) bond motifs is 4. The van der Waals surface area contributed by atoms with Gasteiger partial charge in [-0.05, 0) is 41.2 Å². The Morgan fingerprint density at radius 2 is 1.79 bits per heavy atom. The van der Waals surface area contributed by atoms with Crippen molar-refractivity contribution in [3.05, 3.63) is 64.7 Å². The van der Waals surface area contributed by atoms with Crippen LogP contribution in [0.5, 0.6) is 5.75 Å². The minimum atomic E-state index is -0.0648. The van der Waals surface area contributed by atoms with Crippen LogP contribution >= 0.6 is 12.4 Å². The van der Waals surface area contributed by atoms with Crippen molar-refractivity contribution in [3.63, 3.8) is 0 Å². The molecule has 0 radical (unpaired) electrons. The summed E-state index contributed by atoms with van der Waals surface area (Å²) in [4.78, 5) is 0. The number of aromatic hydroxyl groups is 1. The highest BCUT2D eigenvalue weighted by molar-refractivity contribution is 5.85. The first kappa shape index (κ1) is 12.5. The lowest BCUT2D eigenvalue weighted by Crippen LogP contribution is -2.35. The van der Waals surface area contributed by atoms with Crippen molar-refractivity contribution in [2.24, 2.45) is 0 Å². The van der Waals surface area contributed by atoms with Gasteiger partial charge in [-0.15, -0.1) is 12.4 Å². The van der Waals surface area contributed by atoms with Gasteiger partial charge in [0.1, 0.15) is 5.75 Å². The van der Waals surface area contributed by atoms with Crippen molar-refractivity contribution in [3.8, 4) is 5.75 Å². The van der Waals surface area contributed by atoms with Crippen LogP contribution in [0.15, 0.2) is 42.5 Å². The summed E-state index contributed by atoms with van der Waals surface area (Å²) in [6.07, 6.45) is 1.99. The number of halogens is 1. The molecule has 0 aromatic heterocycles. The maximum absolute atomic E-state index is 10.00. The van der Waals surface area contributed by atoms with Crippen LogP contribution in [-0.4, -0.2) is 5.11 Å². The average Bonchev–Trinajstić information content (AvgIpc) is 2.96.